The number of hydrogen-bond donors (Lipinski definition) is 1. The summed E-state index contributed by atoms with van der Waals surface area (Å²) in [6.45, 7) is 8.77. The molecule has 4 nitrogen and oxygen atoms in total. The molecule has 0 aliphatic heterocycles. The molecule has 0 spiro atoms. The first-order chi connectivity index (χ1) is 9.22. The van der Waals surface area contributed by atoms with Crippen LogP contribution in [0.1, 0.15) is 5.56 Å². The number of aromatic hydroxyl groups is 1. The third kappa shape index (κ3) is 2.71. The summed E-state index contributed by atoms with van der Waals surface area (Å²) >= 11 is 0. The molecule has 0 saturated heterocycles. The maximum Gasteiger partial charge on any atom is 0.293 e. The van der Waals surface area contributed by atoms with E-state index >= 15 is 0 Å². The van der Waals surface area contributed by atoms with Gasteiger partial charge in [0.15, 0.2) is 5.69 Å². The number of aryl methyl sites for hydroxylation is 1. The first-order valence-corrected chi connectivity index (χ1v) is 5.36. The standard InChI is InChI=1S/C14H11N3O/c1-10-3-8-13(14(18)9-10)17-16-12-6-4-11(15-2)5-7-12/h3-9,18H,1H3/i/hT. The fourth-order valence-corrected chi connectivity index (χ4v) is 1.41. The van der Waals surface area contributed by atoms with Gasteiger partial charge in [-0.25, -0.2) is 4.85 Å². The molecule has 0 bridgehead atoms. The predicted molar refractivity (Wildman–Crippen MR) is 69.7 cm³/mol. The van der Waals surface area contributed by atoms with E-state index in [2.05, 4.69) is 20.2 Å². The number of phenols is 1. The zero-order valence-corrected chi connectivity index (χ0v) is 9.79. The van der Waals surface area contributed by atoms with Gasteiger partial charge in [0.05, 0.1) is 12.3 Å². The maximum absolute atomic E-state index is 6.98. The van der Waals surface area contributed by atoms with E-state index in [4.69, 9.17) is 8.00 Å². The highest BCUT2D eigenvalue weighted by atomic mass is 16.3. The van der Waals surface area contributed by atoms with Gasteiger partial charge in [0.2, 0.25) is 0 Å². The van der Waals surface area contributed by atoms with Gasteiger partial charge in [-0.2, -0.15) is 5.11 Å². The van der Waals surface area contributed by atoms with Gasteiger partial charge in [-0.05, 0) is 36.8 Å². The van der Waals surface area contributed by atoms with Crippen LogP contribution in [0.3, 0.4) is 0 Å². The molecule has 0 unspecified atom stereocenters. The fraction of sp³-hybridized carbons (Fsp3) is 0.0714. The molecule has 2 aromatic carbocycles. The molecule has 0 radical (unpaired) electrons. The molecular formula is C14H11N3O. The van der Waals surface area contributed by atoms with Crippen LogP contribution < -0.4 is 0 Å². The van der Waals surface area contributed by atoms with Crippen molar-refractivity contribution < 1.29 is 5.11 Å². The molecule has 0 aliphatic carbocycles. The Morgan fingerprint density at radius 2 is 1.94 bits per heavy atom. The Morgan fingerprint density at radius 1 is 1.17 bits per heavy atom. The van der Waals surface area contributed by atoms with Crippen molar-refractivity contribution in [2.24, 2.45) is 10.2 Å². The molecule has 1 N–H and O–H groups in total. The lowest BCUT2D eigenvalue weighted by Crippen LogP contribution is -1.72. The highest BCUT2D eigenvalue weighted by molar-refractivity contribution is 5.54. The van der Waals surface area contributed by atoms with E-state index in [0.29, 0.717) is 22.8 Å². The molecule has 18 heavy (non-hydrogen) atoms. The summed E-state index contributed by atoms with van der Waals surface area (Å²) in [6, 6.07) is 12.1. The van der Waals surface area contributed by atoms with Crippen molar-refractivity contribution in [3.05, 3.63) is 59.4 Å². The number of phenolic OH excluding ortho intramolecular Hbond substituents is 1. The molecule has 0 aliphatic rings. The quantitative estimate of drug-likeness (QED) is 0.614. The molecule has 88 valence electrons. The fourth-order valence-electron chi connectivity index (χ4n) is 1.41. The lowest BCUT2D eigenvalue weighted by Gasteiger charge is -1.98. The summed E-state index contributed by atoms with van der Waals surface area (Å²) in [5.74, 6) is 0.363. The molecule has 2 aromatic rings. The van der Waals surface area contributed by atoms with Crippen molar-refractivity contribution in [3.63, 3.8) is 0 Å². The average molecular weight is 239 g/mol. The van der Waals surface area contributed by atoms with E-state index in [1.807, 2.05) is 13.0 Å². The lowest BCUT2D eigenvalue weighted by atomic mass is 10.2. The summed E-state index contributed by atoms with van der Waals surface area (Å²) in [7, 11) is 0. The topological polar surface area (TPSA) is 49.3 Å². The maximum atomic E-state index is 6.98. The van der Waals surface area contributed by atoms with E-state index in [1.165, 1.54) is 0 Å². The predicted octanol–water partition coefficient (Wildman–Crippen LogP) is 4.67. The molecule has 0 heterocycles. The second kappa shape index (κ2) is 5.11. The molecular weight excluding hydrogens is 226 g/mol. The van der Waals surface area contributed by atoms with Gasteiger partial charge in [0.25, 0.3) is 1.43 Å². The molecule has 2 rings (SSSR count). The SMILES string of the molecule is [3H]Oc1cc(C)ccc1N=Nc1ccc([N+]#[C-])cc1. The van der Waals surface area contributed by atoms with Gasteiger partial charge in [0, 0.05) is 0 Å². The van der Waals surface area contributed by atoms with Crippen molar-refractivity contribution in [1.82, 2.24) is 0 Å². The zero-order chi connectivity index (χ0) is 13.7. The van der Waals surface area contributed by atoms with Gasteiger partial charge in [0.1, 0.15) is 11.4 Å². The van der Waals surface area contributed by atoms with Crippen LogP contribution in [-0.2, 0) is 0 Å². The highest BCUT2D eigenvalue weighted by Crippen LogP contribution is 2.29. The summed E-state index contributed by atoms with van der Waals surface area (Å²) in [5.41, 5.74) is 2.69. The Morgan fingerprint density at radius 3 is 2.61 bits per heavy atom. The lowest BCUT2D eigenvalue weighted by molar-refractivity contribution is 0.476. The number of benzene rings is 2. The zero-order valence-electron chi connectivity index (χ0n) is 10.8. The van der Waals surface area contributed by atoms with Crippen molar-refractivity contribution in [2.45, 2.75) is 6.92 Å². The van der Waals surface area contributed by atoms with E-state index in [9.17, 15) is 0 Å². The van der Waals surface area contributed by atoms with Crippen molar-refractivity contribution in [1.29, 1.82) is 1.43 Å². The van der Waals surface area contributed by atoms with Gasteiger partial charge in [-0.15, -0.1) is 5.11 Å². The molecule has 0 atom stereocenters. The Bertz CT molecular complexity index is 645. The summed E-state index contributed by atoms with van der Waals surface area (Å²) in [5, 5.41) is 12.6. The van der Waals surface area contributed by atoms with Crippen molar-refractivity contribution >= 4 is 17.1 Å². The van der Waals surface area contributed by atoms with E-state index < -0.39 is 0 Å². The molecule has 0 aromatic heterocycles. The third-order valence-electron chi connectivity index (χ3n) is 2.37. The minimum atomic E-state index is 0.363. The Labute approximate surface area is 107 Å². The van der Waals surface area contributed by atoms with Crippen LogP contribution in [0.4, 0.5) is 17.1 Å². The summed E-state index contributed by atoms with van der Waals surface area (Å²) < 4.78 is 6.98. The van der Waals surface area contributed by atoms with E-state index in [0.717, 1.165) is 5.56 Å². The molecule has 0 saturated carbocycles. The first kappa shape index (κ1) is 10.5. The smallest absolute Gasteiger partial charge is 0.293 e. The molecule has 0 amide bonds. The van der Waals surface area contributed by atoms with Gasteiger partial charge in [-0.3, -0.25) is 0 Å². The Hall–Kier alpha value is -2.67. The van der Waals surface area contributed by atoms with Crippen LogP contribution in [0.15, 0.2) is 52.7 Å². The van der Waals surface area contributed by atoms with E-state index in [-0.39, 0.29) is 0 Å². The normalized spacial score (nSPS) is 11.0. The number of nitrogens with zero attached hydrogens (tertiary/aromatic N) is 3. The van der Waals surface area contributed by atoms with Crippen LogP contribution in [0, 0.1) is 13.5 Å². The Kier molecular flexibility index (Phi) is 2.97. The van der Waals surface area contributed by atoms with Crippen LogP contribution in [0.5, 0.6) is 5.75 Å². The number of hydrogen-bond acceptors (Lipinski definition) is 3. The molecule has 0 fully saturated rings. The summed E-state index contributed by atoms with van der Waals surface area (Å²) in [6.07, 6.45) is 0. The van der Waals surface area contributed by atoms with Crippen LogP contribution in [0.25, 0.3) is 4.85 Å². The van der Waals surface area contributed by atoms with Gasteiger partial charge in [-0.1, -0.05) is 18.2 Å². The third-order valence-corrected chi connectivity index (χ3v) is 2.37. The molecule has 4 heteroatoms. The van der Waals surface area contributed by atoms with Gasteiger partial charge < -0.3 is 5.11 Å². The van der Waals surface area contributed by atoms with Crippen LogP contribution in [0.2, 0.25) is 0 Å². The second-order valence-electron chi connectivity index (χ2n) is 3.80. The Balaban J connectivity index is 2.24. The number of rotatable bonds is 3. The van der Waals surface area contributed by atoms with Gasteiger partial charge >= 0.3 is 0 Å². The van der Waals surface area contributed by atoms with Crippen LogP contribution in [-0.4, -0.2) is 6.54 Å². The van der Waals surface area contributed by atoms with Crippen molar-refractivity contribution in [2.75, 3.05) is 0 Å². The van der Waals surface area contributed by atoms with Crippen molar-refractivity contribution in [3.8, 4) is 5.75 Å². The average Bonchev–Trinajstić information content (AvgIpc) is 2.46. The number of azo groups is 1. The van der Waals surface area contributed by atoms with E-state index in [1.54, 1.807) is 36.4 Å². The largest absolute Gasteiger partial charge is 0.506 e. The highest BCUT2D eigenvalue weighted by Gasteiger charge is 1.99. The minimum absolute atomic E-state index is 0.363. The monoisotopic (exact) mass is 239 g/mol. The summed E-state index contributed by atoms with van der Waals surface area (Å²) in [4.78, 5) is 3.30. The minimum Gasteiger partial charge on any atom is -0.506 e. The second-order valence-corrected chi connectivity index (χ2v) is 3.80. The van der Waals surface area contributed by atoms with Crippen LogP contribution >= 0.6 is 0 Å². The first-order valence-electron chi connectivity index (χ1n) is 5.77.